The van der Waals surface area contributed by atoms with E-state index < -0.39 is 5.91 Å². The number of amides is 1. The molecular weight excluding hydrogens is 176 g/mol. The van der Waals surface area contributed by atoms with Gasteiger partial charge in [0.15, 0.2) is 0 Å². The second kappa shape index (κ2) is 3.54. The van der Waals surface area contributed by atoms with Crippen LogP contribution in [-0.2, 0) is 4.79 Å². The molecule has 2 N–H and O–H groups in total. The highest BCUT2D eigenvalue weighted by molar-refractivity contribution is 6.30. The van der Waals surface area contributed by atoms with Crippen LogP contribution in [0.25, 0.3) is 0 Å². The van der Waals surface area contributed by atoms with Gasteiger partial charge in [-0.25, -0.2) is 0 Å². The average Bonchev–Trinajstić information content (AvgIpc) is 2.03. The predicted molar refractivity (Wildman–Crippen MR) is 46.9 cm³/mol. The molecule has 4 heteroatoms. The molecule has 0 saturated carbocycles. The van der Waals surface area contributed by atoms with Crippen molar-refractivity contribution in [3.05, 3.63) is 29.0 Å². The highest BCUT2D eigenvalue weighted by atomic mass is 35.5. The summed E-state index contributed by atoms with van der Waals surface area (Å²) >= 11 is 5.70. The number of nitrogens with two attached hydrogens (primary N) is 1. The van der Waals surface area contributed by atoms with E-state index in [2.05, 4.69) is 4.98 Å². The van der Waals surface area contributed by atoms with Crippen molar-refractivity contribution in [2.24, 2.45) is 5.73 Å². The number of nitrogens with zero attached hydrogens (tertiary/aromatic N) is 1. The number of hydrogen-bond acceptors (Lipinski definition) is 2. The Kier molecular flexibility index (Phi) is 2.65. The zero-order valence-corrected chi connectivity index (χ0v) is 7.38. The fraction of sp³-hybridized carbons (Fsp3) is 0.250. The number of carbonyl (C=O) groups excluding carboxylic acids is 1. The Morgan fingerprint density at radius 2 is 2.42 bits per heavy atom. The molecule has 1 aromatic heterocycles. The van der Waals surface area contributed by atoms with E-state index in [9.17, 15) is 4.79 Å². The summed E-state index contributed by atoms with van der Waals surface area (Å²) in [4.78, 5) is 14.7. The lowest BCUT2D eigenvalue weighted by Gasteiger charge is -2.05. The molecule has 1 atom stereocenters. The highest BCUT2D eigenvalue weighted by Crippen LogP contribution is 2.15. The van der Waals surface area contributed by atoms with Gasteiger partial charge < -0.3 is 5.73 Å². The zero-order valence-electron chi connectivity index (χ0n) is 6.62. The Bertz CT molecular complexity index is 301. The third kappa shape index (κ3) is 1.95. The van der Waals surface area contributed by atoms with Gasteiger partial charge in [0.25, 0.3) is 0 Å². The highest BCUT2D eigenvalue weighted by Gasteiger charge is 2.12. The molecule has 0 aliphatic rings. The SMILES string of the molecule is CC(C(N)=O)c1cc(Cl)ccn1. The number of halogens is 1. The molecule has 64 valence electrons. The maximum absolute atomic E-state index is 10.8. The van der Waals surface area contributed by atoms with Gasteiger partial charge in [0, 0.05) is 11.2 Å². The second-order valence-electron chi connectivity index (χ2n) is 2.52. The minimum atomic E-state index is -0.398. The third-order valence-corrected chi connectivity index (χ3v) is 1.85. The Balaban J connectivity index is 2.95. The standard InChI is InChI=1S/C8H9ClN2O/c1-5(8(10)12)7-4-6(9)2-3-11-7/h2-5H,1H3,(H2,10,12). The van der Waals surface area contributed by atoms with E-state index in [1.807, 2.05) is 0 Å². The Morgan fingerprint density at radius 3 is 2.92 bits per heavy atom. The summed E-state index contributed by atoms with van der Waals surface area (Å²) in [7, 11) is 0. The normalized spacial score (nSPS) is 12.5. The van der Waals surface area contributed by atoms with Gasteiger partial charge in [-0.15, -0.1) is 0 Å². The van der Waals surface area contributed by atoms with Gasteiger partial charge in [0.2, 0.25) is 5.91 Å². The number of pyridine rings is 1. The van der Waals surface area contributed by atoms with Crippen molar-refractivity contribution < 1.29 is 4.79 Å². The first kappa shape index (κ1) is 9.00. The summed E-state index contributed by atoms with van der Waals surface area (Å²) in [6.07, 6.45) is 1.55. The fourth-order valence-electron chi connectivity index (χ4n) is 0.804. The Hall–Kier alpha value is -1.09. The molecule has 1 heterocycles. The quantitative estimate of drug-likeness (QED) is 0.754. The molecule has 0 bridgehead atoms. The molecule has 12 heavy (non-hydrogen) atoms. The van der Waals surface area contributed by atoms with Gasteiger partial charge in [-0.2, -0.15) is 0 Å². The Morgan fingerprint density at radius 1 is 1.75 bits per heavy atom. The molecule has 0 fully saturated rings. The molecule has 0 spiro atoms. The van der Waals surface area contributed by atoms with Crippen LogP contribution < -0.4 is 5.73 Å². The van der Waals surface area contributed by atoms with Crippen molar-refractivity contribution in [3.63, 3.8) is 0 Å². The molecule has 3 nitrogen and oxygen atoms in total. The van der Waals surface area contributed by atoms with Gasteiger partial charge in [-0.1, -0.05) is 11.6 Å². The van der Waals surface area contributed by atoms with Crippen LogP contribution in [0.15, 0.2) is 18.3 Å². The smallest absolute Gasteiger partial charge is 0.226 e. The van der Waals surface area contributed by atoms with Crippen LogP contribution in [0.4, 0.5) is 0 Å². The first-order valence-electron chi connectivity index (χ1n) is 3.52. The molecule has 1 rings (SSSR count). The molecule has 1 aromatic rings. The number of primary amides is 1. The summed E-state index contributed by atoms with van der Waals surface area (Å²) in [5.41, 5.74) is 5.70. The Labute approximate surface area is 75.6 Å². The van der Waals surface area contributed by atoms with E-state index in [-0.39, 0.29) is 5.92 Å². The lowest BCUT2D eigenvalue weighted by molar-refractivity contribution is -0.119. The summed E-state index contributed by atoms with van der Waals surface area (Å²) in [5, 5.41) is 0.563. The summed E-state index contributed by atoms with van der Waals surface area (Å²) in [5.74, 6) is -0.784. The van der Waals surface area contributed by atoms with Gasteiger partial charge in [0.05, 0.1) is 11.6 Å². The first-order chi connectivity index (χ1) is 5.61. The molecule has 0 radical (unpaired) electrons. The fourth-order valence-corrected chi connectivity index (χ4v) is 0.972. The lowest BCUT2D eigenvalue weighted by atomic mass is 10.1. The van der Waals surface area contributed by atoms with Crippen molar-refractivity contribution in [1.82, 2.24) is 4.98 Å². The van der Waals surface area contributed by atoms with Crippen LogP contribution in [0.3, 0.4) is 0 Å². The van der Waals surface area contributed by atoms with Crippen molar-refractivity contribution in [1.29, 1.82) is 0 Å². The minimum Gasteiger partial charge on any atom is -0.369 e. The number of aromatic nitrogens is 1. The third-order valence-electron chi connectivity index (χ3n) is 1.61. The van der Waals surface area contributed by atoms with Gasteiger partial charge in [-0.3, -0.25) is 9.78 Å². The lowest BCUT2D eigenvalue weighted by Crippen LogP contribution is -2.19. The second-order valence-corrected chi connectivity index (χ2v) is 2.96. The van der Waals surface area contributed by atoms with E-state index in [4.69, 9.17) is 17.3 Å². The number of hydrogen-bond donors (Lipinski definition) is 1. The molecule has 0 aliphatic carbocycles. The van der Waals surface area contributed by atoms with Crippen molar-refractivity contribution in [2.75, 3.05) is 0 Å². The van der Waals surface area contributed by atoms with Crippen LogP contribution >= 0.6 is 11.6 Å². The van der Waals surface area contributed by atoms with Crippen molar-refractivity contribution in [3.8, 4) is 0 Å². The van der Waals surface area contributed by atoms with Crippen LogP contribution in [0.5, 0.6) is 0 Å². The van der Waals surface area contributed by atoms with Crippen LogP contribution in [0.2, 0.25) is 5.02 Å². The largest absolute Gasteiger partial charge is 0.369 e. The van der Waals surface area contributed by atoms with Crippen LogP contribution in [0.1, 0.15) is 18.5 Å². The van der Waals surface area contributed by atoms with Crippen molar-refractivity contribution in [2.45, 2.75) is 12.8 Å². The minimum absolute atomic E-state index is 0.385. The maximum atomic E-state index is 10.8. The monoisotopic (exact) mass is 184 g/mol. The van der Waals surface area contributed by atoms with Crippen molar-refractivity contribution >= 4 is 17.5 Å². The molecule has 0 aromatic carbocycles. The molecule has 1 unspecified atom stereocenters. The van der Waals surface area contributed by atoms with Gasteiger partial charge in [-0.05, 0) is 19.1 Å². The summed E-state index contributed by atoms with van der Waals surface area (Å²) < 4.78 is 0. The molecular formula is C8H9ClN2O. The first-order valence-corrected chi connectivity index (χ1v) is 3.90. The van der Waals surface area contributed by atoms with Crippen LogP contribution in [-0.4, -0.2) is 10.9 Å². The molecule has 1 amide bonds. The summed E-state index contributed by atoms with van der Waals surface area (Å²) in [6, 6.07) is 3.29. The van der Waals surface area contributed by atoms with Gasteiger partial charge >= 0.3 is 0 Å². The maximum Gasteiger partial charge on any atom is 0.226 e. The van der Waals surface area contributed by atoms with E-state index in [1.165, 1.54) is 0 Å². The van der Waals surface area contributed by atoms with E-state index in [0.29, 0.717) is 10.7 Å². The summed E-state index contributed by atoms with van der Waals surface area (Å²) in [6.45, 7) is 1.70. The number of rotatable bonds is 2. The van der Waals surface area contributed by atoms with E-state index in [0.717, 1.165) is 0 Å². The molecule has 0 saturated heterocycles. The predicted octanol–water partition coefficient (Wildman–Crippen LogP) is 1.32. The van der Waals surface area contributed by atoms with Crippen LogP contribution in [0, 0.1) is 0 Å². The number of carbonyl (C=O) groups is 1. The van der Waals surface area contributed by atoms with E-state index >= 15 is 0 Å². The topological polar surface area (TPSA) is 56.0 Å². The zero-order chi connectivity index (χ0) is 9.14. The molecule has 0 aliphatic heterocycles. The van der Waals surface area contributed by atoms with E-state index in [1.54, 1.807) is 25.3 Å². The van der Waals surface area contributed by atoms with Gasteiger partial charge in [0.1, 0.15) is 0 Å². The average molecular weight is 185 g/mol.